The van der Waals surface area contributed by atoms with Gasteiger partial charge in [-0.15, -0.1) is 4.83 Å². The minimum atomic E-state index is -3.55. The van der Waals surface area contributed by atoms with E-state index in [9.17, 15) is 8.42 Å². The van der Waals surface area contributed by atoms with Crippen LogP contribution in [0.5, 0.6) is 0 Å². The van der Waals surface area contributed by atoms with Crippen molar-refractivity contribution in [3.63, 3.8) is 0 Å². The van der Waals surface area contributed by atoms with Crippen LogP contribution in [0.25, 0.3) is 0 Å². The van der Waals surface area contributed by atoms with Crippen LogP contribution in [0, 0.1) is 0 Å². The van der Waals surface area contributed by atoms with Gasteiger partial charge in [-0.05, 0) is 0 Å². The summed E-state index contributed by atoms with van der Waals surface area (Å²) in [5, 5.41) is 13.8. The Labute approximate surface area is 88.3 Å². The second-order valence-corrected chi connectivity index (χ2v) is 4.81. The number of aliphatic hydroxyl groups excluding tert-OH is 1. The van der Waals surface area contributed by atoms with Crippen LogP contribution in [0.2, 0.25) is 0 Å². The summed E-state index contributed by atoms with van der Waals surface area (Å²) in [7, 11) is -0.388. The van der Waals surface area contributed by atoms with E-state index in [1.165, 1.54) is 22.1 Å². The lowest BCUT2D eigenvalue weighted by molar-refractivity contribution is 0.269. The van der Waals surface area contributed by atoms with Crippen molar-refractivity contribution in [2.45, 2.75) is 11.4 Å². The lowest BCUT2D eigenvalue weighted by Crippen LogP contribution is -2.35. The first-order chi connectivity index (χ1) is 6.95. The van der Waals surface area contributed by atoms with Gasteiger partial charge in [-0.1, -0.05) is 0 Å². The Bertz CT molecular complexity index is 412. The summed E-state index contributed by atoms with van der Waals surface area (Å²) in [5.74, 6) is 0. The van der Waals surface area contributed by atoms with Crippen molar-refractivity contribution < 1.29 is 13.5 Å². The first-order valence-corrected chi connectivity index (χ1v) is 5.77. The van der Waals surface area contributed by atoms with Gasteiger partial charge in [-0.3, -0.25) is 4.68 Å². The van der Waals surface area contributed by atoms with Gasteiger partial charge in [0.25, 0.3) is 10.0 Å². The van der Waals surface area contributed by atoms with E-state index in [0.29, 0.717) is 0 Å². The maximum Gasteiger partial charge on any atom is 0.256 e. The Kier molecular flexibility index (Phi) is 3.80. The van der Waals surface area contributed by atoms with E-state index >= 15 is 0 Å². The van der Waals surface area contributed by atoms with Crippen molar-refractivity contribution in [2.75, 3.05) is 20.7 Å². The number of rotatable bonds is 5. The number of aliphatic hydroxyl groups is 1. The molecule has 0 unspecified atom stereocenters. The largest absolute Gasteiger partial charge is 0.394 e. The van der Waals surface area contributed by atoms with E-state index in [1.54, 1.807) is 14.1 Å². The molecule has 0 spiro atoms. The van der Waals surface area contributed by atoms with E-state index in [0.717, 1.165) is 0 Å². The second kappa shape index (κ2) is 4.71. The predicted octanol–water partition coefficient (Wildman–Crippen LogP) is -1.37. The highest BCUT2D eigenvalue weighted by Crippen LogP contribution is 2.06. The summed E-state index contributed by atoms with van der Waals surface area (Å²) in [4.78, 5) is 2.35. The quantitative estimate of drug-likeness (QED) is 0.614. The van der Waals surface area contributed by atoms with E-state index in [2.05, 4.69) is 9.93 Å². The molecule has 0 aliphatic rings. The number of sulfonamides is 1. The zero-order valence-corrected chi connectivity index (χ0v) is 9.40. The number of nitrogens with one attached hydrogen (secondary N) is 1. The molecule has 0 atom stereocenters. The summed E-state index contributed by atoms with van der Waals surface area (Å²) in [6, 6.07) is 0. The summed E-state index contributed by atoms with van der Waals surface area (Å²) < 4.78 is 24.5. The Morgan fingerprint density at radius 2 is 2.27 bits per heavy atom. The van der Waals surface area contributed by atoms with Crippen molar-refractivity contribution in [2.24, 2.45) is 0 Å². The summed E-state index contributed by atoms with van der Waals surface area (Å²) in [5.41, 5.74) is 0. The Morgan fingerprint density at radius 3 is 2.80 bits per heavy atom. The molecule has 7 nitrogen and oxygen atoms in total. The predicted molar refractivity (Wildman–Crippen MR) is 53.3 cm³/mol. The monoisotopic (exact) mass is 234 g/mol. The van der Waals surface area contributed by atoms with Gasteiger partial charge in [0, 0.05) is 20.3 Å². The molecule has 1 aromatic rings. The van der Waals surface area contributed by atoms with Crippen LogP contribution in [0.15, 0.2) is 17.3 Å². The maximum absolute atomic E-state index is 11.6. The molecule has 0 saturated carbocycles. The third-order valence-corrected chi connectivity index (χ3v) is 2.99. The molecule has 8 heteroatoms. The van der Waals surface area contributed by atoms with Gasteiger partial charge in [0.2, 0.25) is 0 Å². The fourth-order valence-electron chi connectivity index (χ4n) is 1.00. The zero-order valence-electron chi connectivity index (χ0n) is 8.58. The van der Waals surface area contributed by atoms with E-state index in [4.69, 9.17) is 5.11 Å². The normalized spacial score (nSPS) is 12.3. The summed E-state index contributed by atoms with van der Waals surface area (Å²) in [6.07, 6.45) is 2.60. The maximum atomic E-state index is 11.6. The Balaban J connectivity index is 2.86. The average molecular weight is 234 g/mol. The molecule has 0 aliphatic carbocycles. The Hall–Kier alpha value is -0.960. The number of hydrogen-bond donors (Lipinski definition) is 2. The van der Waals surface area contributed by atoms with Crippen LogP contribution < -0.4 is 4.83 Å². The third kappa shape index (κ3) is 3.27. The number of hydrazine groups is 1. The van der Waals surface area contributed by atoms with Crippen molar-refractivity contribution >= 4 is 10.0 Å². The minimum Gasteiger partial charge on any atom is -0.394 e. The van der Waals surface area contributed by atoms with Crippen LogP contribution >= 0.6 is 0 Å². The van der Waals surface area contributed by atoms with Gasteiger partial charge in [0.05, 0.1) is 19.3 Å². The lowest BCUT2D eigenvalue weighted by Gasteiger charge is -2.10. The SMILES string of the molecule is CN(C)NS(=O)(=O)c1cnn(CCO)c1. The van der Waals surface area contributed by atoms with Gasteiger partial charge in [0.15, 0.2) is 0 Å². The van der Waals surface area contributed by atoms with Crippen molar-refractivity contribution in [3.05, 3.63) is 12.4 Å². The first kappa shape index (κ1) is 12.1. The van der Waals surface area contributed by atoms with E-state index in [-0.39, 0.29) is 18.0 Å². The minimum absolute atomic E-state index is 0.0738. The van der Waals surface area contributed by atoms with Crippen molar-refractivity contribution in [1.82, 2.24) is 19.6 Å². The summed E-state index contributed by atoms with van der Waals surface area (Å²) >= 11 is 0. The highest BCUT2D eigenvalue weighted by atomic mass is 32.2. The summed E-state index contributed by atoms with van der Waals surface area (Å²) in [6.45, 7) is 0.194. The molecule has 0 aliphatic heterocycles. The van der Waals surface area contributed by atoms with Crippen LogP contribution in [-0.4, -0.2) is 49.0 Å². The number of nitrogens with zero attached hydrogens (tertiary/aromatic N) is 3. The molecule has 86 valence electrons. The molecule has 0 radical (unpaired) electrons. The van der Waals surface area contributed by atoms with Gasteiger partial charge in [-0.25, -0.2) is 13.4 Å². The molecular formula is C7H14N4O3S. The van der Waals surface area contributed by atoms with Gasteiger partial charge >= 0.3 is 0 Å². The molecule has 0 saturated heterocycles. The number of hydrogen-bond acceptors (Lipinski definition) is 5. The lowest BCUT2D eigenvalue weighted by atomic mass is 10.7. The third-order valence-electron chi connectivity index (χ3n) is 1.55. The topological polar surface area (TPSA) is 87.5 Å². The molecule has 0 bridgehead atoms. The highest BCUT2D eigenvalue weighted by molar-refractivity contribution is 7.89. The zero-order chi connectivity index (χ0) is 11.5. The van der Waals surface area contributed by atoms with Gasteiger partial charge in [-0.2, -0.15) is 5.10 Å². The molecule has 15 heavy (non-hydrogen) atoms. The van der Waals surface area contributed by atoms with Gasteiger partial charge in [0.1, 0.15) is 4.90 Å². The fraction of sp³-hybridized carbons (Fsp3) is 0.571. The number of aromatic nitrogens is 2. The molecule has 1 aromatic heterocycles. The van der Waals surface area contributed by atoms with Crippen molar-refractivity contribution in [3.8, 4) is 0 Å². The molecule has 1 heterocycles. The first-order valence-electron chi connectivity index (χ1n) is 4.29. The molecule has 0 amide bonds. The van der Waals surface area contributed by atoms with Crippen LogP contribution in [0.3, 0.4) is 0 Å². The smallest absolute Gasteiger partial charge is 0.256 e. The average Bonchev–Trinajstić information content (AvgIpc) is 2.51. The molecule has 2 N–H and O–H groups in total. The molecule has 0 fully saturated rings. The molecular weight excluding hydrogens is 220 g/mol. The Morgan fingerprint density at radius 1 is 1.60 bits per heavy atom. The van der Waals surface area contributed by atoms with Gasteiger partial charge < -0.3 is 5.11 Å². The van der Waals surface area contributed by atoms with Crippen LogP contribution in [0.4, 0.5) is 0 Å². The van der Waals surface area contributed by atoms with Crippen LogP contribution in [-0.2, 0) is 16.6 Å². The van der Waals surface area contributed by atoms with E-state index < -0.39 is 10.0 Å². The standard InChI is InChI=1S/C7H14N4O3S/c1-10(2)9-15(13,14)7-5-8-11(6-7)3-4-12/h5-6,9,12H,3-4H2,1-2H3. The second-order valence-electron chi connectivity index (χ2n) is 3.15. The fourth-order valence-corrected chi connectivity index (χ4v) is 2.03. The van der Waals surface area contributed by atoms with Crippen LogP contribution in [0.1, 0.15) is 0 Å². The highest BCUT2D eigenvalue weighted by Gasteiger charge is 2.16. The molecule has 0 aromatic carbocycles. The van der Waals surface area contributed by atoms with E-state index in [1.807, 2.05) is 0 Å². The van der Waals surface area contributed by atoms with Crippen molar-refractivity contribution in [1.29, 1.82) is 0 Å². The molecule has 1 rings (SSSR count).